The van der Waals surface area contributed by atoms with Gasteiger partial charge in [0.25, 0.3) is 0 Å². The van der Waals surface area contributed by atoms with Crippen molar-refractivity contribution < 1.29 is 29.0 Å². The molecule has 0 radical (unpaired) electrons. The summed E-state index contributed by atoms with van der Waals surface area (Å²) >= 11 is 0. The van der Waals surface area contributed by atoms with E-state index >= 15 is 0 Å². The second-order valence-corrected chi connectivity index (χ2v) is 10.8. The first kappa shape index (κ1) is 30.7. The van der Waals surface area contributed by atoms with E-state index in [1.807, 2.05) is 24.3 Å². The van der Waals surface area contributed by atoms with Crippen molar-refractivity contribution in [3.63, 3.8) is 0 Å². The number of hydrogen-bond acceptors (Lipinski definition) is 6. The standard InChI is InChI=1S/C30H47N3O6/c1-2-3-4-10-18-39-30(37)32-26(20-23-11-6-5-7-12-23)29(36)31-25(22-34)15-16-28(35)33-17-19-38-27-14-9-8-13-24(27)21-33/h8-9,13-14,23,25-26,34H,2-7,10-12,15-22H2,1H3,(H,31,36)(H,32,37)/t25-,26-/m0/s1. The maximum absolute atomic E-state index is 13.3. The van der Waals surface area contributed by atoms with Gasteiger partial charge in [-0.1, -0.05) is 76.5 Å². The summed E-state index contributed by atoms with van der Waals surface area (Å²) in [5, 5.41) is 15.6. The van der Waals surface area contributed by atoms with Crippen LogP contribution >= 0.6 is 0 Å². The molecule has 9 heteroatoms. The molecule has 1 saturated carbocycles. The molecule has 2 aliphatic rings. The Balaban J connectivity index is 1.51. The Kier molecular flexibility index (Phi) is 13.4. The lowest BCUT2D eigenvalue weighted by Crippen LogP contribution is -2.51. The van der Waals surface area contributed by atoms with Crippen LogP contribution in [0.25, 0.3) is 0 Å². The number of rotatable bonds is 14. The largest absolute Gasteiger partial charge is 0.491 e. The van der Waals surface area contributed by atoms with Gasteiger partial charge in [0.15, 0.2) is 0 Å². The van der Waals surface area contributed by atoms with Crippen molar-refractivity contribution in [2.75, 3.05) is 26.4 Å². The van der Waals surface area contributed by atoms with E-state index in [-0.39, 0.29) is 24.8 Å². The first-order valence-corrected chi connectivity index (χ1v) is 14.8. The Morgan fingerprint density at radius 3 is 2.67 bits per heavy atom. The van der Waals surface area contributed by atoms with Crippen LogP contribution in [-0.2, 0) is 20.9 Å². The minimum atomic E-state index is -0.736. The molecule has 9 nitrogen and oxygen atoms in total. The Labute approximate surface area is 233 Å². The minimum absolute atomic E-state index is 0.0495. The number of nitrogens with zero attached hydrogens (tertiary/aromatic N) is 1. The smallest absolute Gasteiger partial charge is 0.407 e. The van der Waals surface area contributed by atoms with Gasteiger partial charge in [-0.3, -0.25) is 9.59 Å². The van der Waals surface area contributed by atoms with Gasteiger partial charge in [-0.2, -0.15) is 0 Å². The van der Waals surface area contributed by atoms with E-state index in [2.05, 4.69) is 17.6 Å². The van der Waals surface area contributed by atoms with E-state index in [0.29, 0.717) is 45.1 Å². The van der Waals surface area contributed by atoms with Gasteiger partial charge in [0, 0.05) is 18.5 Å². The minimum Gasteiger partial charge on any atom is -0.491 e. The summed E-state index contributed by atoms with van der Waals surface area (Å²) in [6, 6.07) is 6.37. The molecule has 0 unspecified atom stereocenters. The Morgan fingerprint density at radius 2 is 1.90 bits per heavy atom. The molecular formula is C30H47N3O6. The average molecular weight is 546 g/mol. The number of carbonyl (C=O) groups excluding carboxylic acids is 3. The molecule has 1 fully saturated rings. The quantitative estimate of drug-likeness (QED) is 0.300. The Bertz CT molecular complexity index is 904. The van der Waals surface area contributed by atoms with Crippen LogP contribution in [0.1, 0.15) is 89.5 Å². The van der Waals surface area contributed by atoms with Gasteiger partial charge >= 0.3 is 6.09 Å². The molecule has 1 aliphatic carbocycles. The number of nitrogens with one attached hydrogen (secondary N) is 2. The zero-order chi connectivity index (χ0) is 27.9. The van der Waals surface area contributed by atoms with Crippen LogP contribution in [0.5, 0.6) is 5.75 Å². The number of hydrogen-bond donors (Lipinski definition) is 3. The number of para-hydroxylation sites is 1. The predicted molar refractivity (Wildman–Crippen MR) is 149 cm³/mol. The first-order valence-electron chi connectivity index (χ1n) is 14.8. The fourth-order valence-electron chi connectivity index (χ4n) is 5.37. The third-order valence-electron chi connectivity index (χ3n) is 7.71. The monoisotopic (exact) mass is 545 g/mol. The van der Waals surface area contributed by atoms with Gasteiger partial charge in [0.1, 0.15) is 18.4 Å². The summed E-state index contributed by atoms with van der Waals surface area (Å²) in [6.45, 7) is 3.55. The maximum Gasteiger partial charge on any atom is 0.407 e. The van der Waals surface area contributed by atoms with E-state index in [1.165, 1.54) is 6.42 Å². The summed E-state index contributed by atoms with van der Waals surface area (Å²) in [4.78, 5) is 40.5. The van der Waals surface area contributed by atoms with Gasteiger partial charge in [-0.25, -0.2) is 4.79 Å². The zero-order valence-corrected chi connectivity index (χ0v) is 23.5. The number of alkyl carbamates (subject to hydrolysis) is 1. The van der Waals surface area contributed by atoms with Crippen LogP contribution in [-0.4, -0.2) is 66.4 Å². The number of aliphatic hydroxyl groups excluding tert-OH is 1. The van der Waals surface area contributed by atoms with Gasteiger partial charge < -0.3 is 30.1 Å². The molecule has 2 atom stereocenters. The predicted octanol–water partition coefficient (Wildman–Crippen LogP) is 4.31. The summed E-state index contributed by atoms with van der Waals surface area (Å²) in [7, 11) is 0. The van der Waals surface area contributed by atoms with E-state index < -0.39 is 18.2 Å². The lowest BCUT2D eigenvalue weighted by molar-refractivity contribution is -0.132. The molecule has 1 aliphatic heterocycles. The van der Waals surface area contributed by atoms with Crippen LogP contribution in [0, 0.1) is 5.92 Å². The van der Waals surface area contributed by atoms with Crippen molar-refractivity contribution >= 4 is 17.9 Å². The molecule has 0 spiro atoms. The van der Waals surface area contributed by atoms with Crippen LogP contribution in [0.2, 0.25) is 0 Å². The topological polar surface area (TPSA) is 117 Å². The van der Waals surface area contributed by atoms with Crippen molar-refractivity contribution in [2.45, 2.75) is 103 Å². The Morgan fingerprint density at radius 1 is 1.10 bits per heavy atom. The van der Waals surface area contributed by atoms with Crippen LogP contribution in [0.4, 0.5) is 4.79 Å². The number of ether oxygens (including phenoxy) is 2. The first-order chi connectivity index (χ1) is 19.0. The molecule has 0 saturated heterocycles. The molecule has 1 heterocycles. The highest BCUT2D eigenvalue weighted by Crippen LogP contribution is 2.27. The van der Waals surface area contributed by atoms with Gasteiger partial charge in [0.2, 0.25) is 11.8 Å². The highest BCUT2D eigenvalue weighted by molar-refractivity contribution is 5.86. The molecule has 0 aromatic heterocycles. The SMILES string of the molecule is CCCCCCOC(=O)N[C@@H](CC1CCCCC1)C(=O)N[C@H](CO)CCC(=O)N1CCOc2ccccc2C1. The van der Waals surface area contributed by atoms with Crippen molar-refractivity contribution in [1.29, 1.82) is 0 Å². The molecule has 1 aromatic carbocycles. The highest BCUT2D eigenvalue weighted by Gasteiger charge is 2.28. The number of amides is 3. The third kappa shape index (κ3) is 10.7. The fraction of sp³-hybridized carbons (Fsp3) is 0.700. The van der Waals surface area contributed by atoms with Gasteiger partial charge in [0.05, 0.1) is 25.8 Å². The molecule has 3 amide bonds. The molecule has 1 aromatic rings. The van der Waals surface area contributed by atoms with Gasteiger partial charge in [-0.15, -0.1) is 0 Å². The molecule has 3 rings (SSSR count). The summed E-state index contributed by atoms with van der Waals surface area (Å²) in [5.41, 5.74) is 0.962. The molecule has 0 bridgehead atoms. The van der Waals surface area contributed by atoms with E-state index in [9.17, 15) is 19.5 Å². The average Bonchev–Trinajstić information content (AvgIpc) is 3.18. The van der Waals surface area contributed by atoms with Crippen molar-refractivity contribution in [3.8, 4) is 5.75 Å². The van der Waals surface area contributed by atoms with E-state index in [4.69, 9.17) is 9.47 Å². The molecular weight excluding hydrogens is 498 g/mol. The second-order valence-electron chi connectivity index (χ2n) is 10.8. The number of fused-ring (bicyclic) bond motifs is 1. The van der Waals surface area contributed by atoms with Crippen molar-refractivity contribution in [1.82, 2.24) is 15.5 Å². The van der Waals surface area contributed by atoms with Gasteiger partial charge in [-0.05, 0) is 31.2 Å². The Hall–Kier alpha value is -2.81. The molecule has 3 N–H and O–H groups in total. The lowest BCUT2D eigenvalue weighted by atomic mass is 9.84. The normalized spacial score (nSPS) is 17.2. The van der Waals surface area contributed by atoms with E-state index in [1.54, 1.807) is 4.90 Å². The molecule has 39 heavy (non-hydrogen) atoms. The fourth-order valence-corrected chi connectivity index (χ4v) is 5.37. The summed E-state index contributed by atoms with van der Waals surface area (Å²) < 4.78 is 11.1. The zero-order valence-electron chi connectivity index (χ0n) is 23.5. The number of benzene rings is 1. The van der Waals surface area contributed by atoms with Crippen LogP contribution < -0.4 is 15.4 Å². The van der Waals surface area contributed by atoms with Crippen LogP contribution in [0.15, 0.2) is 24.3 Å². The van der Waals surface area contributed by atoms with Crippen LogP contribution in [0.3, 0.4) is 0 Å². The summed E-state index contributed by atoms with van der Waals surface area (Å²) in [6.07, 6.45) is 10.0. The van der Waals surface area contributed by atoms with Crippen molar-refractivity contribution in [2.24, 2.45) is 5.92 Å². The number of carbonyl (C=O) groups is 3. The maximum atomic E-state index is 13.3. The number of aliphatic hydroxyl groups is 1. The number of unbranched alkanes of at least 4 members (excludes halogenated alkanes) is 3. The third-order valence-corrected chi connectivity index (χ3v) is 7.71. The summed E-state index contributed by atoms with van der Waals surface area (Å²) in [5.74, 6) is 0.768. The lowest BCUT2D eigenvalue weighted by Gasteiger charge is -2.28. The van der Waals surface area contributed by atoms with Crippen molar-refractivity contribution in [3.05, 3.63) is 29.8 Å². The highest BCUT2D eigenvalue weighted by atomic mass is 16.5. The second kappa shape index (κ2) is 17.0. The molecule has 218 valence electrons. The van der Waals surface area contributed by atoms with E-state index in [0.717, 1.165) is 62.7 Å².